The highest BCUT2D eigenvalue weighted by Crippen LogP contribution is 2.29. The number of aryl methyl sites for hydroxylation is 1. The number of benzene rings is 2. The van der Waals surface area contributed by atoms with Gasteiger partial charge in [0.2, 0.25) is 0 Å². The van der Waals surface area contributed by atoms with Gasteiger partial charge in [-0.2, -0.15) is 0 Å². The number of hydrogen-bond donors (Lipinski definition) is 1. The van der Waals surface area contributed by atoms with E-state index in [1.165, 1.54) is 5.56 Å². The van der Waals surface area contributed by atoms with Crippen LogP contribution in [0.15, 0.2) is 36.4 Å². The second-order valence-corrected chi connectivity index (χ2v) is 7.52. The van der Waals surface area contributed by atoms with E-state index in [0.29, 0.717) is 23.2 Å². The molecule has 0 aromatic heterocycles. The number of amides is 1. The molecule has 0 aliphatic rings. The van der Waals surface area contributed by atoms with Gasteiger partial charge in [-0.1, -0.05) is 19.9 Å². The third-order valence-corrected chi connectivity index (χ3v) is 4.87. The molecule has 0 radical (unpaired) electrons. The second-order valence-electron chi connectivity index (χ2n) is 7.52. The summed E-state index contributed by atoms with van der Waals surface area (Å²) in [6.07, 6.45) is 0. The molecule has 1 N–H and O–H groups in total. The summed E-state index contributed by atoms with van der Waals surface area (Å²) in [5, 5.41) is 2.78. The molecule has 0 spiro atoms. The van der Waals surface area contributed by atoms with Gasteiger partial charge in [0.25, 0.3) is 5.91 Å². The lowest BCUT2D eigenvalue weighted by Crippen LogP contribution is -2.32. The maximum atomic E-state index is 12.2. The summed E-state index contributed by atoms with van der Waals surface area (Å²) >= 11 is 0. The fourth-order valence-electron chi connectivity index (χ4n) is 3.25. The first-order valence-electron chi connectivity index (χ1n) is 10.1. The first-order valence-corrected chi connectivity index (χ1v) is 10.1. The number of esters is 1. The van der Waals surface area contributed by atoms with Crippen molar-refractivity contribution < 1.29 is 28.5 Å². The molecule has 0 bridgehead atoms. The second kappa shape index (κ2) is 11.2. The predicted molar refractivity (Wildman–Crippen MR) is 118 cm³/mol. The SMILES string of the molecule is COc1ccc(OC)c([C@@H](C)NC(=O)COC(=O)COc2ccc(C(C)C)c(C)c2)c1. The number of carbonyl (C=O) groups is 2. The lowest BCUT2D eigenvalue weighted by atomic mass is 9.98. The average Bonchev–Trinajstić information content (AvgIpc) is 2.75. The molecule has 1 atom stereocenters. The number of rotatable bonds is 10. The van der Waals surface area contributed by atoms with E-state index in [0.717, 1.165) is 11.1 Å². The molecule has 2 rings (SSSR count). The predicted octanol–water partition coefficient (Wildman–Crippen LogP) is 3.94. The van der Waals surface area contributed by atoms with Crippen LogP contribution in [0.5, 0.6) is 17.2 Å². The molecule has 0 aliphatic carbocycles. The van der Waals surface area contributed by atoms with E-state index in [2.05, 4.69) is 19.2 Å². The minimum absolute atomic E-state index is 0.271. The maximum absolute atomic E-state index is 12.2. The molecule has 168 valence electrons. The highest BCUT2D eigenvalue weighted by Gasteiger charge is 2.17. The van der Waals surface area contributed by atoms with Gasteiger partial charge >= 0.3 is 5.97 Å². The van der Waals surface area contributed by atoms with Gasteiger partial charge in [0, 0.05) is 5.56 Å². The van der Waals surface area contributed by atoms with Crippen LogP contribution in [0, 0.1) is 6.92 Å². The Morgan fingerprint density at radius 1 is 0.903 bits per heavy atom. The van der Waals surface area contributed by atoms with Gasteiger partial charge in [0.15, 0.2) is 13.2 Å². The van der Waals surface area contributed by atoms with Crippen LogP contribution in [-0.4, -0.2) is 39.3 Å². The van der Waals surface area contributed by atoms with Gasteiger partial charge in [0.1, 0.15) is 17.2 Å². The van der Waals surface area contributed by atoms with Crippen molar-refractivity contribution in [3.8, 4) is 17.2 Å². The van der Waals surface area contributed by atoms with Crippen molar-refractivity contribution in [2.45, 2.75) is 39.7 Å². The Morgan fingerprint density at radius 2 is 1.61 bits per heavy atom. The molecule has 0 saturated carbocycles. The van der Waals surface area contributed by atoms with Gasteiger partial charge in [-0.25, -0.2) is 4.79 Å². The Kier molecular flexibility index (Phi) is 8.73. The van der Waals surface area contributed by atoms with Crippen molar-refractivity contribution in [3.05, 3.63) is 53.1 Å². The quantitative estimate of drug-likeness (QED) is 0.576. The van der Waals surface area contributed by atoms with Gasteiger partial charge in [-0.3, -0.25) is 4.79 Å². The fraction of sp³-hybridized carbons (Fsp3) is 0.417. The van der Waals surface area contributed by atoms with Crippen LogP contribution in [0.3, 0.4) is 0 Å². The molecule has 7 nitrogen and oxygen atoms in total. The summed E-state index contributed by atoms with van der Waals surface area (Å²) in [5.74, 6) is 1.23. The summed E-state index contributed by atoms with van der Waals surface area (Å²) < 4.78 is 21.1. The van der Waals surface area contributed by atoms with E-state index in [4.69, 9.17) is 18.9 Å². The minimum Gasteiger partial charge on any atom is -0.497 e. The Labute approximate surface area is 183 Å². The van der Waals surface area contributed by atoms with Crippen molar-refractivity contribution >= 4 is 11.9 Å². The highest BCUT2D eigenvalue weighted by molar-refractivity contribution is 5.81. The lowest BCUT2D eigenvalue weighted by Gasteiger charge is -2.18. The monoisotopic (exact) mass is 429 g/mol. The highest BCUT2D eigenvalue weighted by atomic mass is 16.6. The van der Waals surface area contributed by atoms with Gasteiger partial charge in [-0.05, 0) is 61.2 Å². The Morgan fingerprint density at radius 3 is 2.23 bits per heavy atom. The summed E-state index contributed by atoms with van der Waals surface area (Å²) in [4.78, 5) is 24.2. The Hall–Kier alpha value is -3.22. The Bertz CT molecular complexity index is 909. The van der Waals surface area contributed by atoms with Gasteiger partial charge in [-0.15, -0.1) is 0 Å². The van der Waals surface area contributed by atoms with Crippen molar-refractivity contribution in [3.63, 3.8) is 0 Å². The molecule has 0 aliphatic heterocycles. The van der Waals surface area contributed by atoms with Crippen LogP contribution in [0.25, 0.3) is 0 Å². The molecule has 2 aromatic carbocycles. The summed E-state index contributed by atoms with van der Waals surface area (Å²) in [6, 6.07) is 10.7. The molecule has 0 unspecified atom stereocenters. The molecule has 7 heteroatoms. The van der Waals surface area contributed by atoms with Crippen LogP contribution in [0.1, 0.15) is 49.4 Å². The molecule has 0 saturated heterocycles. The zero-order chi connectivity index (χ0) is 23.0. The summed E-state index contributed by atoms with van der Waals surface area (Å²) in [5.41, 5.74) is 3.08. The minimum atomic E-state index is -0.618. The maximum Gasteiger partial charge on any atom is 0.344 e. The van der Waals surface area contributed by atoms with Crippen LogP contribution in [0.4, 0.5) is 0 Å². The third kappa shape index (κ3) is 6.91. The van der Waals surface area contributed by atoms with E-state index in [-0.39, 0.29) is 12.6 Å². The number of carbonyl (C=O) groups excluding carboxylic acids is 2. The van der Waals surface area contributed by atoms with Crippen molar-refractivity contribution in [1.82, 2.24) is 5.32 Å². The van der Waals surface area contributed by atoms with E-state index >= 15 is 0 Å². The Balaban J connectivity index is 1.83. The van der Waals surface area contributed by atoms with Gasteiger partial charge in [0.05, 0.1) is 20.3 Å². The largest absolute Gasteiger partial charge is 0.497 e. The summed E-state index contributed by atoms with van der Waals surface area (Å²) in [7, 11) is 3.12. The molecule has 1 amide bonds. The van der Waals surface area contributed by atoms with Crippen LogP contribution < -0.4 is 19.5 Å². The van der Waals surface area contributed by atoms with Crippen LogP contribution in [0.2, 0.25) is 0 Å². The first kappa shape index (κ1) is 24.1. The van der Waals surface area contributed by atoms with Crippen molar-refractivity contribution in [2.75, 3.05) is 27.4 Å². The molecule has 31 heavy (non-hydrogen) atoms. The van der Waals surface area contributed by atoms with Crippen LogP contribution in [-0.2, 0) is 14.3 Å². The smallest absolute Gasteiger partial charge is 0.344 e. The summed E-state index contributed by atoms with van der Waals surface area (Å²) in [6.45, 7) is 7.39. The molecular weight excluding hydrogens is 398 g/mol. The van der Waals surface area contributed by atoms with Gasteiger partial charge < -0.3 is 24.3 Å². The lowest BCUT2D eigenvalue weighted by molar-refractivity contribution is -0.150. The number of ether oxygens (including phenoxy) is 4. The molecule has 2 aromatic rings. The molecular formula is C24H31NO6. The average molecular weight is 430 g/mol. The first-order chi connectivity index (χ1) is 14.7. The topological polar surface area (TPSA) is 83.1 Å². The van der Waals surface area contributed by atoms with E-state index in [1.807, 2.05) is 32.0 Å². The van der Waals surface area contributed by atoms with Crippen molar-refractivity contribution in [1.29, 1.82) is 0 Å². The fourth-order valence-corrected chi connectivity index (χ4v) is 3.25. The van der Waals surface area contributed by atoms with E-state index in [1.54, 1.807) is 32.4 Å². The van der Waals surface area contributed by atoms with E-state index in [9.17, 15) is 9.59 Å². The zero-order valence-electron chi connectivity index (χ0n) is 19.0. The number of nitrogens with one attached hydrogen (secondary N) is 1. The zero-order valence-corrected chi connectivity index (χ0v) is 19.0. The molecule has 0 heterocycles. The third-order valence-electron chi connectivity index (χ3n) is 4.87. The van der Waals surface area contributed by atoms with Crippen LogP contribution >= 0.6 is 0 Å². The standard InChI is InChI=1S/C24H31NO6/c1-15(2)20-9-7-19(11-16(20)3)30-14-24(27)31-13-23(26)25-17(4)21-12-18(28-5)8-10-22(21)29-6/h7-12,15,17H,13-14H2,1-6H3,(H,25,26)/t17-/m1/s1. The number of hydrogen-bond acceptors (Lipinski definition) is 6. The van der Waals surface area contributed by atoms with Crippen molar-refractivity contribution in [2.24, 2.45) is 0 Å². The number of methoxy groups -OCH3 is 2. The molecule has 0 fully saturated rings. The van der Waals surface area contributed by atoms with E-state index < -0.39 is 18.5 Å². The normalized spacial score (nSPS) is 11.6.